The van der Waals surface area contributed by atoms with Crippen molar-refractivity contribution >= 4 is 28.8 Å². The molecule has 0 aromatic heterocycles. The van der Waals surface area contributed by atoms with Crippen LogP contribution in [-0.2, 0) is 11.3 Å². The maximum absolute atomic E-state index is 12.8. The van der Waals surface area contributed by atoms with Crippen LogP contribution in [0.3, 0.4) is 0 Å². The zero-order valence-corrected chi connectivity index (χ0v) is 13.4. The van der Waals surface area contributed by atoms with E-state index in [2.05, 4.69) is 5.32 Å². The van der Waals surface area contributed by atoms with Crippen molar-refractivity contribution in [3.8, 4) is 0 Å². The normalized spacial score (nSPS) is 10.2. The minimum Gasteiger partial charge on any atom is -0.466 e. The molecule has 2 rings (SSSR count). The highest BCUT2D eigenvalue weighted by molar-refractivity contribution is 7.80. The molecule has 120 valence electrons. The number of thiocarbonyl (C=S) groups is 1. The number of nitro groups is 1. The predicted octanol–water partition coefficient (Wildman–Crippen LogP) is 4.26. The van der Waals surface area contributed by atoms with Crippen LogP contribution in [0.15, 0.2) is 36.4 Å². The zero-order valence-electron chi connectivity index (χ0n) is 12.6. The standard InChI is InChI=1S/C16H15FN2O3S/c1-10-7-12(15(19(20)21)8-11(10)2)9-22-16(23)18-14-5-3-13(17)4-6-14/h3-8H,9H2,1-2H3,(H,18,23). The van der Waals surface area contributed by atoms with Crippen molar-refractivity contribution in [2.75, 3.05) is 5.32 Å². The quantitative estimate of drug-likeness (QED) is 0.514. The Balaban J connectivity index is 2.05. The number of aryl methyl sites for hydroxylation is 2. The van der Waals surface area contributed by atoms with E-state index in [-0.39, 0.29) is 23.3 Å². The summed E-state index contributed by atoms with van der Waals surface area (Å²) in [5, 5.41) is 14.0. The molecule has 0 saturated heterocycles. The van der Waals surface area contributed by atoms with Gasteiger partial charge in [-0.05, 0) is 67.5 Å². The maximum Gasteiger partial charge on any atom is 0.276 e. The first kappa shape index (κ1) is 16.8. The first-order chi connectivity index (χ1) is 10.9. The molecule has 0 aliphatic heterocycles. The number of rotatable bonds is 4. The van der Waals surface area contributed by atoms with Gasteiger partial charge in [-0.1, -0.05) is 0 Å². The van der Waals surface area contributed by atoms with Gasteiger partial charge in [-0.25, -0.2) is 4.39 Å². The van der Waals surface area contributed by atoms with Crippen LogP contribution in [0.5, 0.6) is 0 Å². The highest BCUT2D eigenvalue weighted by Gasteiger charge is 2.16. The third kappa shape index (κ3) is 4.46. The lowest BCUT2D eigenvalue weighted by molar-refractivity contribution is -0.385. The van der Waals surface area contributed by atoms with E-state index in [9.17, 15) is 14.5 Å². The fourth-order valence-electron chi connectivity index (χ4n) is 1.98. The molecule has 0 unspecified atom stereocenters. The Morgan fingerprint density at radius 2 is 1.87 bits per heavy atom. The zero-order chi connectivity index (χ0) is 17.0. The summed E-state index contributed by atoms with van der Waals surface area (Å²) in [5.41, 5.74) is 2.80. The SMILES string of the molecule is Cc1cc(COC(=S)Nc2ccc(F)cc2)c([N+](=O)[O-])cc1C. The van der Waals surface area contributed by atoms with Crippen molar-refractivity contribution in [3.63, 3.8) is 0 Å². The first-order valence-electron chi connectivity index (χ1n) is 6.80. The third-order valence-electron chi connectivity index (χ3n) is 3.34. The summed E-state index contributed by atoms with van der Waals surface area (Å²) in [4.78, 5) is 10.7. The van der Waals surface area contributed by atoms with Crippen LogP contribution in [0.1, 0.15) is 16.7 Å². The van der Waals surface area contributed by atoms with Crippen LogP contribution in [0, 0.1) is 29.8 Å². The van der Waals surface area contributed by atoms with Crippen LogP contribution >= 0.6 is 12.2 Å². The Kier molecular flexibility index (Phi) is 5.23. The molecule has 7 heteroatoms. The van der Waals surface area contributed by atoms with Crippen LogP contribution in [0.4, 0.5) is 15.8 Å². The second-order valence-electron chi connectivity index (χ2n) is 5.03. The predicted molar refractivity (Wildman–Crippen MR) is 90.0 cm³/mol. The number of hydrogen-bond acceptors (Lipinski definition) is 4. The van der Waals surface area contributed by atoms with E-state index in [0.29, 0.717) is 11.3 Å². The summed E-state index contributed by atoms with van der Waals surface area (Å²) in [6.45, 7) is 3.66. The number of ether oxygens (including phenoxy) is 1. The second kappa shape index (κ2) is 7.15. The van der Waals surface area contributed by atoms with E-state index in [1.165, 1.54) is 30.3 Å². The lowest BCUT2D eigenvalue weighted by atomic mass is 10.0. The van der Waals surface area contributed by atoms with Crippen molar-refractivity contribution in [3.05, 3.63) is 69.0 Å². The molecule has 0 spiro atoms. The van der Waals surface area contributed by atoms with E-state index in [4.69, 9.17) is 17.0 Å². The van der Waals surface area contributed by atoms with E-state index in [1.54, 1.807) is 6.07 Å². The first-order valence-corrected chi connectivity index (χ1v) is 7.21. The van der Waals surface area contributed by atoms with Gasteiger partial charge in [-0.2, -0.15) is 0 Å². The fraction of sp³-hybridized carbons (Fsp3) is 0.188. The van der Waals surface area contributed by atoms with Gasteiger partial charge in [-0.15, -0.1) is 0 Å². The lowest BCUT2D eigenvalue weighted by Gasteiger charge is -2.11. The molecule has 0 fully saturated rings. The minimum absolute atomic E-state index is 0.00215. The molecule has 2 aromatic carbocycles. The molecule has 0 aliphatic rings. The summed E-state index contributed by atoms with van der Waals surface area (Å²) < 4.78 is 18.2. The van der Waals surface area contributed by atoms with Gasteiger partial charge in [-0.3, -0.25) is 10.1 Å². The topological polar surface area (TPSA) is 64.4 Å². The largest absolute Gasteiger partial charge is 0.466 e. The van der Waals surface area contributed by atoms with Gasteiger partial charge in [0.25, 0.3) is 10.9 Å². The molecule has 0 saturated carbocycles. The molecular weight excluding hydrogens is 319 g/mol. The molecule has 0 amide bonds. The van der Waals surface area contributed by atoms with Gasteiger partial charge in [0.15, 0.2) is 0 Å². The fourth-order valence-corrected chi connectivity index (χ4v) is 2.15. The lowest BCUT2D eigenvalue weighted by Crippen LogP contribution is -2.13. The maximum atomic E-state index is 12.8. The number of nitrogens with zero attached hydrogens (tertiary/aromatic N) is 1. The Morgan fingerprint density at radius 1 is 1.26 bits per heavy atom. The molecule has 0 heterocycles. The molecule has 0 radical (unpaired) electrons. The average molecular weight is 334 g/mol. The number of hydrogen-bond donors (Lipinski definition) is 1. The molecule has 5 nitrogen and oxygen atoms in total. The van der Waals surface area contributed by atoms with E-state index >= 15 is 0 Å². The third-order valence-corrected chi connectivity index (χ3v) is 3.56. The number of nitrogens with one attached hydrogen (secondary N) is 1. The summed E-state index contributed by atoms with van der Waals surface area (Å²) in [7, 11) is 0. The summed E-state index contributed by atoms with van der Waals surface area (Å²) >= 11 is 5.04. The highest BCUT2D eigenvalue weighted by atomic mass is 32.1. The van der Waals surface area contributed by atoms with Crippen LogP contribution in [-0.4, -0.2) is 10.1 Å². The number of halogens is 1. The Labute approximate surface area is 138 Å². The minimum atomic E-state index is -0.443. The van der Waals surface area contributed by atoms with Crippen molar-refractivity contribution < 1.29 is 14.1 Å². The second-order valence-corrected chi connectivity index (χ2v) is 5.40. The van der Waals surface area contributed by atoms with Crippen LogP contribution in [0.25, 0.3) is 0 Å². The monoisotopic (exact) mass is 334 g/mol. The van der Waals surface area contributed by atoms with E-state index in [0.717, 1.165) is 11.1 Å². The van der Waals surface area contributed by atoms with Crippen molar-refractivity contribution in [2.24, 2.45) is 0 Å². The molecule has 0 aliphatic carbocycles. The van der Waals surface area contributed by atoms with Crippen LogP contribution < -0.4 is 5.32 Å². The van der Waals surface area contributed by atoms with Crippen LogP contribution in [0.2, 0.25) is 0 Å². The van der Waals surface area contributed by atoms with E-state index in [1.807, 2.05) is 13.8 Å². The van der Waals surface area contributed by atoms with Gasteiger partial charge >= 0.3 is 0 Å². The molecule has 2 aromatic rings. The Hall–Kier alpha value is -2.54. The Bertz CT molecular complexity index is 748. The van der Waals surface area contributed by atoms with Gasteiger partial charge < -0.3 is 10.1 Å². The van der Waals surface area contributed by atoms with Gasteiger partial charge in [0.05, 0.1) is 10.5 Å². The highest BCUT2D eigenvalue weighted by Crippen LogP contribution is 2.24. The van der Waals surface area contributed by atoms with Gasteiger partial charge in [0.1, 0.15) is 12.4 Å². The summed E-state index contributed by atoms with van der Waals surface area (Å²) in [5.74, 6) is -0.354. The number of benzene rings is 2. The number of anilines is 1. The smallest absolute Gasteiger partial charge is 0.276 e. The molecule has 1 N–H and O–H groups in total. The number of nitro benzene ring substituents is 1. The molecular formula is C16H15FN2O3S. The van der Waals surface area contributed by atoms with E-state index < -0.39 is 4.92 Å². The van der Waals surface area contributed by atoms with Crippen molar-refractivity contribution in [2.45, 2.75) is 20.5 Å². The van der Waals surface area contributed by atoms with Gasteiger partial charge in [0, 0.05) is 11.8 Å². The van der Waals surface area contributed by atoms with Crippen molar-refractivity contribution in [1.29, 1.82) is 0 Å². The summed E-state index contributed by atoms with van der Waals surface area (Å²) in [6, 6.07) is 8.85. The average Bonchev–Trinajstić information content (AvgIpc) is 2.50. The molecule has 0 atom stereocenters. The summed E-state index contributed by atoms with van der Waals surface area (Å²) in [6.07, 6.45) is 0. The molecule has 23 heavy (non-hydrogen) atoms. The van der Waals surface area contributed by atoms with Gasteiger partial charge in [0.2, 0.25) is 0 Å². The Morgan fingerprint density at radius 3 is 2.48 bits per heavy atom. The van der Waals surface area contributed by atoms with Crippen molar-refractivity contribution in [1.82, 2.24) is 0 Å². The molecule has 0 bridgehead atoms.